The fourth-order valence-corrected chi connectivity index (χ4v) is 0.580. The van der Waals surface area contributed by atoms with Gasteiger partial charge in [-0.1, -0.05) is 5.11 Å². The lowest BCUT2D eigenvalue weighted by Gasteiger charge is -2.20. The third-order valence-electron chi connectivity index (χ3n) is 1.31. The van der Waals surface area contributed by atoms with E-state index in [2.05, 4.69) is 10.0 Å². The zero-order valence-electron chi connectivity index (χ0n) is 6.43. The van der Waals surface area contributed by atoms with Gasteiger partial charge in [-0.25, -0.2) is 0 Å². The fourth-order valence-electron chi connectivity index (χ4n) is 0.580. The summed E-state index contributed by atoms with van der Waals surface area (Å²) < 4.78 is 0. The maximum Gasteiger partial charge on any atom is 0.161 e. The molecule has 8 heteroatoms. The average molecular weight is 191 g/mol. The Balaban J connectivity index is 4.31. The molecular formula is C5H9N3O5. The highest BCUT2D eigenvalue weighted by Crippen LogP contribution is 2.04. The lowest BCUT2D eigenvalue weighted by Crippen LogP contribution is -2.44. The molecule has 0 aromatic rings. The van der Waals surface area contributed by atoms with Crippen LogP contribution in [0.3, 0.4) is 0 Å². The maximum atomic E-state index is 9.93. The van der Waals surface area contributed by atoms with Crippen LogP contribution in [0.25, 0.3) is 10.4 Å². The summed E-state index contributed by atoms with van der Waals surface area (Å²) in [6.45, 7) is 0. The minimum Gasteiger partial charge on any atom is -0.387 e. The summed E-state index contributed by atoms with van der Waals surface area (Å²) in [6.07, 6.45) is -7.56. The summed E-state index contributed by atoms with van der Waals surface area (Å²) >= 11 is 0. The number of carbonyl (C=O) groups excluding carboxylic acids is 1. The number of aliphatic hydroxyl groups is 4. The number of rotatable bonds is 5. The van der Waals surface area contributed by atoms with Gasteiger partial charge in [-0.3, -0.25) is 0 Å². The van der Waals surface area contributed by atoms with Crippen LogP contribution in [0.15, 0.2) is 5.11 Å². The topological polar surface area (TPSA) is 147 Å². The highest BCUT2D eigenvalue weighted by Gasteiger charge is 2.29. The lowest BCUT2D eigenvalue weighted by atomic mass is 10.1. The zero-order valence-corrected chi connectivity index (χ0v) is 6.43. The second-order valence-electron chi connectivity index (χ2n) is 2.23. The molecule has 0 bridgehead atoms. The summed E-state index contributed by atoms with van der Waals surface area (Å²) in [4.78, 5) is 12.1. The Labute approximate surface area is 72.7 Å². The molecule has 0 aliphatic carbocycles. The number of aliphatic hydroxyl groups excluding tert-OH is 4. The van der Waals surface area contributed by atoms with Crippen LogP contribution in [0.4, 0.5) is 0 Å². The van der Waals surface area contributed by atoms with E-state index >= 15 is 0 Å². The summed E-state index contributed by atoms with van der Waals surface area (Å²) in [6, 6.07) is 0. The molecule has 0 radical (unpaired) electrons. The van der Waals surface area contributed by atoms with Crippen molar-refractivity contribution in [1.29, 1.82) is 0 Å². The van der Waals surface area contributed by atoms with E-state index in [9.17, 15) is 4.79 Å². The monoisotopic (exact) mass is 191 g/mol. The van der Waals surface area contributed by atoms with Crippen molar-refractivity contribution in [1.82, 2.24) is 0 Å². The second-order valence-corrected chi connectivity index (χ2v) is 2.23. The Kier molecular flexibility index (Phi) is 4.97. The predicted octanol–water partition coefficient (Wildman–Crippen LogP) is -2.10. The van der Waals surface area contributed by atoms with E-state index in [1.807, 2.05) is 0 Å². The zero-order chi connectivity index (χ0) is 10.4. The largest absolute Gasteiger partial charge is 0.387 e. The van der Waals surface area contributed by atoms with Gasteiger partial charge in [0.25, 0.3) is 0 Å². The molecule has 0 aromatic heterocycles. The van der Waals surface area contributed by atoms with Gasteiger partial charge in [0, 0.05) is 4.91 Å². The van der Waals surface area contributed by atoms with E-state index in [1.165, 1.54) is 0 Å². The molecule has 0 spiro atoms. The maximum absolute atomic E-state index is 9.93. The summed E-state index contributed by atoms with van der Waals surface area (Å²) in [5.74, 6) is 0. The van der Waals surface area contributed by atoms with Gasteiger partial charge in [0.1, 0.15) is 18.3 Å². The van der Waals surface area contributed by atoms with Gasteiger partial charge in [0.15, 0.2) is 12.5 Å². The third kappa shape index (κ3) is 3.36. The van der Waals surface area contributed by atoms with E-state index in [0.717, 1.165) is 0 Å². The van der Waals surface area contributed by atoms with Crippen molar-refractivity contribution in [2.45, 2.75) is 24.5 Å². The van der Waals surface area contributed by atoms with Gasteiger partial charge in [-0.2, -0.15) is 0 Å². The minimum absolute atomic E-state index is 0.0172. The Hall–Kier alpha value is -1.18. The quantitative estimate of drug-likeness (QED) is 0.170. The molecule has 0 saturated carbocycles. The Morgan fingerprint density at radius 2 is 1.77 bits per heavy atom. The molecule has 0 aromatic carbocycles. The van der Waals surface area contributed by atoms with Crippen LogP contribution in [0, 0.1) is 0 Å². The van der Waals surface area contributed by atoms with Crippen LogP contribution < -0.4 is 0 Å². The summed E-state index contributed by atoms with van der Waals surface area (Å²) in [5.41, 5.74) is 7.84. The molecule has 4 N–H and O–H groups in total. The molecule has 0 heterocycles. The van der Waals surface area contributed by atoms with Crippen LogP contribution in [-0.4, -0.2) is 51.3 Å². The van der Waals surface area contributed by atoms with Crippen LogP contribution in [0.2, 0.25) is 0 Å². The fraction of sp³-hybridized carbons (Fsp3) is 0.800. The molecule has 13 heavy (non-hydrogen) atoms. The number of hydrogen-bond acceptors (Lipinski definition) is 6. The summed E-state index contributed by atoms with van der Waals surface area (Å²) in [5, 5.41) is 38.0. The van der Waals surface area contributed by atoms with Gasteiger partial charge in [0.2, 0.25) is 0 Å². The third-order valence-corrected chi connectivity index (χ3v) is 1.31. The SMILES string of the molecule is [N-]=[N+]=NC(O)[C@@H](O)[C@@H](O)[C@H](O)C=O. The van der Waals surface area contributed by atoms with Crippen molar-refractivity contribution in [2.75, 3.05) is 0 Å². The number of aldehydes is 1. The molecule has 0 rings (SSSR count). The lowest BCUT2D eigenvalue weighted by molar-refractivity contribution is -0.133. The molecule has 74 valence electrons. The highest BCUT2D eigenvalue weighted by atomic mass is 16.4. The molecule has 0 aliphatic heterocycles. The molecule has 0 saturated heterocycles. The second kappa shape index (κ2) is 5.46. The number of carbonyl (C=O) groups is 1. The van der Waals surface area contributed by atoms with E-state index < -0.39 is 24.5 Å². The smallest absolute Gasteiger partial charge is 0.161 e. The van der Waals surface area contributed by atoms with E-state index in [4.69, 9.17) is 26.0 Å². The van der Waals surface area contributed by atoms with Crippen LogP contribution in [-0.2, 0) is 4.79 Å². The van der Waals surface area contributed by atoms with E-state index in [0.29, 0.717) is 0 Å². The molecule has 0 aliphatic rings. The highest BCUT2D eigenvalue weighted by molar-refractivity contribution is 5.56. The first-order chi connectivity index (χ1) is 6.04. The van der Waals surface area contributed by atoms with Gasteiger partial charge < -0.3 is 25.2 Å². The Bertz CT molecular complexity index is 216. The van der Waals surface area contributed by atoms with Gasteiger partial charge in [0.05, 0.1) is 0 Å². The van der Waals surface area contributed by atoms with Gasteiger partial charge >= 0.3 is 0 Å². The van der Waals surface area contributed by atoms with Crippen molar-refractivity contribution < 1.29 is 25.2 Å². The Morgan fingerprint density at radius 3 is 2.15 bits per heavy atom. The number of hydrogen-bond donors (Lipinski definition) is 4. The van der Waals surface area contributed by atoms with Gasteiger partial charge in [-0.15, -0.1) is 0 Å². The standard InChI is InChI=1S/C5H9N3O5/c6-8-7-5(13)4(12)3(11)2(10)1-9/h1-5,10-13H/t2-,3+,4+,5?/m1/s1. The van der Waals surface area contributed by atoms with Crippen LogP contribution in [0.5, 0.6) is 0 Å². The van der Waals surface area contributed by atoms with Crippen molar-refractivity contribution in [2.24, 2.45) is 5.11 Å². The van der Waals surface area contributed by atoms with Crippen molar-refractivity contribution >= 4 is 6.29 Å². The minimum atomic E-state index is -1.91. The normalized spacial score (nSPS) is 19.4. The first-order valence-corrected chi connectivity index (χ1v) is 3.26. The molecular weight excluding hydrogens is 182 g/mol. The molecule has 4 atom stereocenters. The first-order valence-electron chi connectivity index (χ1n) is 3.26. The summed E-state index contributed by atoms with van der Waals surface area (Å²) in [7, 11) is 0. The van der Waals surface area contributed by atoms with Crippen molar-refractivity contribution in [3.05, 3.63) is 10.4 Å². The Morgan fingerprint density at radius 1 is 1.23 bits per heavy atom. The van der Waals surface area contributed by atoms with E-state index in [1.54, 1.807) is 0 Å². The van der Waals surface area contributed by atoms with Crippen LogP contribution >= 0.6 is 0 Å². The number of azide groups is 1. The average Bonchev–Trinajstić information content (AvgIpc) is 2.14. The number of nitrogens with zero attached hydrogens (tertiary/aromatic N) is 3. The molecule has 0 amide bonds. The van der Waals surface area contributed by atoms with Crippen molar-refractivity contribution in [3.8, 4) is 0 Å². The van der Waals surface area contributed by atoms with Crippen LogP contribution in [0.1, 0.15) is 0 Å². The molecule has 1 unspecified atom stereocenters. The van der Waals surface area contributed by atoms with Gasteiger partial charge in [-0.05, 0) is 5.53 Å². The molecule has 8 nitrogen and oxygen atoms in total. The predicted molar refractivity (Wildman–Crippen MR) is 39.2 cm³/mol. The van der Waals surface area contributed by atoms with Crippen molar-refractivity contribution in [3.63, 3.8) is 0 Å². The van der Waals surface area contributed by atoms with E-state index in [-0.39, 0.29) is 6.29 Å². The molecule has 0 fully saturated rings. The first kappa shape index (κ1) is 11.8.